The van der Waals surface area contributed by atoms with Crippen molar-refractivity contribution in [2.75, 3.05) is 51.7 Å². The van der Waals surface area contributed by atoms with Crippen LogP contribution >= 0.6 is 11.3 Å². The van der Waals surface area contributed by atoms with Crippen LogP contribution in [0, 0.1) is 0 Å². The molecule has 1 aliphatic rings. The van der Waals surface area contributed by atoms with E-state index in [-0.39, 0.29) is 11.8 Å². The summed E-state index contributed by atoms with van der Waals surface area (Å²) in [7, 11) is 1.63. The van der Waals surface area contributed by atoms with Gasteiger partial charge in [-0.05, 0) is 36.4 Å². The van der Waals surface area contributed by atoms with Crippen LogP contribution in [0.5, 0.6) is 5.75 Å². The molecule has 0 bridgehead atoms. The number of nitrogens with zero attached hydrogens (tertiary/aromatic N) is 4. The van der Waals surface area contributed by atoms with Gasteiger partial charge in [-0.25, -0.2) is 4.98 Å². The second-order valence-corrected chi connectivity index (χ2v) is 8.74. The number of aromatic nitrogens is 2. The Balaban J connectivity index is 1.19. The molecule has 9 nitrogen and oxygen atoms in total. The largest absolute Gasteiger partial charge is 0.497 e. The minimum atomic E-state index is -0.0847. The first-order valence-corrected chi connectivity index (χ1v) is 12.0. The average Bonchev–Trinajstić information content (AvgIpc) is 3.33. The Hall–Kier alpha value is -3.50. The first-order chi connectivity index (χ1) is 16.6. The Morgan fingerprint density at radius 1 is 1.09 bits per heavy atom. The Labute approximate surface area is 202 Å². The van der Waals surface area contributed by atoms with Gasteiger partial charge in [-0.2, -0.15) is 0 Å². The topological polar surface area (TPSA) is 99.7 Å². The fourth-order valence-electron chi connectivity index (χ4n) is 3.63. The number of methoxy groups -OCH3 is 1. The molecule has 1 aliphatic heterocycles. The van der Waals surface area contributed by atoms with Gasteiger partial charge in [0.1, 0.15) is 11.4 Å². The molecule has 10 heteroatoms. The van der Waals surface area contributed by atoms with Crippen LogP contribution < -0.4 is 15.4 Å². The van der Waals surface area contributed by atoms with Crippen LogP contribution in [0.2, 0.25) is 0 Å². The van der Waals surface area contributed by atoms with Gasteiger partial charge in [0.2, 0.25) is 5.91 Å². The van der Waals surface area contributed by atoms with E-state index in [0.29, 0.717) is 56.5 Å². The minimum Gasteiger partial charge on any atom is -0.497 e. The Kier molecular flexibility index (Phi) is 8.05. The number of benzene rings is 1. The molecule has 178 valence electrons. The van der Waals surface area contributed by atoms with Crippen molar-refractivity contribution in [1.29, 1.82) is 0 Å². The lowest BCUT2D eigenvalue weighted by Gasteiger charge is -2.33. The summed E-state index contributed by atoms with van der Waals surface area (Å²) in [6.45, 7) is 3.33. The number of carbonyl (C=O) groups is 2. The van der Waals surface area contributed by atoms with Crippen molar-refractivity contribution in [3.63, 3.8) is 0 Å². The van der Waals surface area contributed by atoms with Crippen LogP contribution in [-0.4, -0.2) is 78.0 Å². The standard InChI is InChI=1S/C24H28N6O3S/c1-33-20-7-5-19(6-8-20)27-24-28-21(17-34-24)23(32)30-14-12-29(13-15-30)16-22(31)26-11-9-18-4-2-3-10-25-18/h2-8,10,17H,9,11-16H2,1H3,(H,26,31)(H,27,28). The fourth-order valence-corrected chi connectivity index (χ4v) is 4.34. The highest BCUT2D eigenvalue weighted by Crippen LogP contribution is 2.23. The average molecular weight is 481 g/mol. The summed E-state index contributed by atoms with van der Waals surface area (Å²) in [6, 6.07) is 13.3. The third-order valence-electron chi connectivity index (χ3n) is 5.52. The summed E-state index contributed by atoms with van der Waals surface area (Å²) >= 11 is 1.39. The fraction of sp³-hybridized carbons (Fsp3) is 0.333. The van der Waals surface area contributed by atoms with Crippen LogP contribution in [0.3, 0.4) is 0 Å². The van der Waals surface area contributed by atoms with Gasteiger partial charge in [-0.15, -0.1) is 11.3 Å². The van der Waals surface area contributed by atoms with Gasteiger partial charge in [0.05, 0.1) is 13.7 Å². The van der Waals surface area contributed by atoms with Gasteiger partial charge in [0, 0.05) is 62.1 Å². The van der Waals surface area contributed by atoms with E-state index in [1.807, 2.05) is 42.5 Å². The number of hydrogen-bond acceptors (Lipinski definition) is 8. The predicted octanol–water partition coefficient (Wildman–Crippen LogP) is 2.41. The molecule has 0 radical (unpaired) electrons. The monoisotopic (exact) mass is 480 g/mol. The number of hydrogen-bond donors (Lipinski definition) is 2. The van der Waals surface area contributed by atoms with Crippen LogP contribution in [0.1, 0.15) is 16.2 Å². The molecule has 0 unspecified atom stereocenters. The molecule has 4 rings (SSSR count). The van der Waals surface area contributed by atoms with Crippen molar-refractivity contribution in [2.45, 2.75) is 6.42 Å². The summed E-state index contributed by atoms with van der Waals surface area (Å²) in [6.07, 6.45) is 2.46. The molecule has 34 heavy (non-hydrogen) atoms. The lowest BCUT2D eigenvalue weighted by molar-refractivity contribution is -0.122. The molecule has 2 N–H and O–H groups in total. The van der Waals surface area contributed by atoms with E-state index in [2.05, 4.69) is 25.5 Å². The first-order valence-electron chi connectivity index (χ1n) is 11.2. The van der Waals surface area contributed by atoms with E-state index >= 15 is 0 Å². The lowest BCUT2D eigenvalue weighted by Crippen LogP contribution is -2.51. The van der Waals surface area contributed by atoms with E-state index in [4.69, 9.17) is 4.74 Å². The second-order valence-electron chi connectivity index (χ2n) is 7.88. The molecule has 2 amide bonds. The number of rotatable bonds is 9. The van der Waals surface area contributed by atoms with Crippen LogP contribution in [-0.2, 0) is 11.2 Å². The molecule has 1 saturated heterocycles. The number of thiazole rings is 1. The number of anilines is 2. The van der Waals surface area contributed by atoms with Crippen LogP contribution in [0.4, 0.5) is 10.8 Å². The quantitative estimate of drug-likeness (QED) is 0.485. The number of carbonyl (C=O) groups excluding carboxylic acids is 2. The van der Waals surface area contributed by atoms with Crippen molar-refractivity contribution in [1.82, 2.24) is 25.1 Å². The third-order valence-corrected chi connectivity index (χ3v) is 6.28. The zero-order valence-electron chi connectivity index (χ0n) is 19.1. The van der Waals surface area contributed by atoms with E-state index in [1.54, 1.807) is 23.6 Å². The number of pyridine rings is 1. The molecule has 0 saturated carbocycles. The highest BCUT2D eigenvalue weighted by Gasteiger charge is 2.24. The molecule has 3 heterocycles. The Morgan fingerprint density at radius 2 is 1.88 bits per heavy atom. The lowest BCUT2D eigenvalue weighted by atomic mass is 10.2. The van der Waals surface area contributed by atoms with Gasteiger partial charge in [-0.1, -0.05) is 6.07 Å². The molecule has 2 aromatic heterocycles. The smallest absolute Gasteiger partial charge is 0.273 e. The van der Waals surface area contributed by atoms with Gasteiger partial charge in [0.25, 0.3) is 5.91 Å². The van der Waals surface area contributed by atoms with Gasteiger partial charge < -0.3 is 20.3 Å². The first kappa shape index (κ1) is 23.7. The summed E-state index contributed by atoms with van der Waals surface area (Å²) in [5, 5.41) is 8.59. The van der Waals surface area contributed by atoms with E-state index in [9.17, 15) is 9.59 Å². The summed E-state index contributed by atoms with van der Waals surface area (Å²) < 4.78 is 5.17. The highest BCUT2D eigenvalue weighted by molar-refractivity contribution is 7.14. The summed E-state index contributed by atoms with van der Waals surface area (Å²) in [5.74, 6) is 0.685. The molecular formula is C24H28N6O3S. The zero-order chi connectivity index (χ0) is 23.8. The summed E-state index contributed by atoms with van der Waals surface area (Å²) in [5.41, 5.74) is 2.27. The molecule has 1 aromatic carbocycles. The van der Waals surface area contributed by atoms with Gasteiger partial charge >= 0.3 is 0 Å². The second kappa shape index (κ2) is 11.6. The summed E-state index contributed by atoms with van der Waals surface area (Å²) in [4.78, 5) is 37.7. The maximum Gasteiger partial charge on any atom is 0.273 e. The Bertz CT molecular complexity index is 1080. The zero-order valence-corrected chi connectivity index (χ0v) is 19.9. The maximum absolute atomic E-state index is 12.9. The third kappa shape index (κ3) is 6.52. The van der Waals surface area contributed by atoms with Crippen molar-refractivity contribution in [3.8, 4) is 5.75 Å². The minimum absolute atomic E-state index is 0.00976. The normalized spacial score (nSPS) is 14.0. The van der Waals surface area contributed by atoms with Crippen molar-refractivity contribution in [2.24, 2.45) is 0 Å². The molecule has 3 aromatic rings. The van der Waals surface area contributed by atoms with Crippen molar-refractivity contribution >= 4 is 34.0 Å². The molecule has 0 aliphatic carbocycles. The van der Waals surface area contributed by atoms with E-state index in [1.165, 1.54) is 11.3 Å². The highest BCUT2D eigenvalue weighted by atomic mass is 32.1. The predicted molar refractivity (Wildman–Crippen MR) is 132 cm³/mol. The van der Waals surface area contributed by atoms with E-state index in [0.717, 1.165) is 17.1 Å². The van der Waals surface area contributed by atoms with Crippen LogP contribution in [0.15, 0.2) is 54.0 Å². The van der Waals surface area contributed by atoms with Crippen molar-refractivity contribution < 1.29 is 14.3 Å². The molecule has 1 fully saturated rings. The number of ether oxygens (including phenoxy) is 1. The van der Waals surface area contributed by atoms with Gasteiger partial charge in [0.15, 0.2) is 5.13 Å². The van der Waals surface area contributed by atoms with Crippen LogP contribution in [0.25, 0.3) is 0 Å². The number of amides is 2. The number of piperazine rings is 1. The molecular weight excluding hydrogens is 452 g/mol. The number of nitrogens with one attached hydrogen (secondary N) is 2. The van der Waals surface area contributed by atoms with Gasteiger partial charge in [-0.3, -0.25) is 19.5 Å². The molecule has 0 atom stereocenters. The Morgan fingerprint density at radius 3 is 2.59 bits per heavy atom. The molecule has 0 spiro atoms. The van der Waals surface area contributed by atoms with Crippen molar-refractivity contribution in [3.05, 3.63) is 65.4 Å². The SMILES string of the molecule is COc1ccc(Nc2nc(C(=O)N3CCN(CC(=O)NCCc4ccccn4)CC3)cs2)cc1. The van der Waals surface area contributed by atoms with E-state index < -0.39 is 0 Å². The maximum atomic E-state index is 12.9.